The zero-order valence-electron chi connectivity index (χ0n) is 10.5. The Balaban J connectivity index is 2.42. The number of ether oxygens (including phenoxy) is 2. The topological polar surface area (TPSA) is 53.4 Å². The van der Waals surface area contributed by atoms with Gasteiger partial charge in [-0.2, -0.15) is 5.10 Å². The van der Waals surface area contributed by atoms with Crippen LogP contribution < -0.4 is 9.47 Å². The Morgan fingerprint density at radius 1 is 1.28 bits per heavy atom. The number of benzene rings is 1. The van der Waals surface area contributed by atoms with Crippen LogP contribution in [0.5, 0.6) is 17.4 Å². The van der Waals surface area contributed by atoms with Crippen LogP contribution in [0.2, 0.25) is 0 Å². The van der Waals surface area contributed by atoms with Crippen molar-refractivity contribution in [2.45, 2.75) is 6.92 Å². The molecule has 0 atom stereocenters. The van der Waals surface area contributed by atoms with E-state index in [2.05, 4.69) is 5.10 Å². The molecule has 0 unspecified atom stereocenters. The van der Waals surface area contributed by atoms with Gasteiger partial charge in [-0.15, -0.1) is 0 Å². The first-order valence-electron chi connectivity index (χ1n) is 5.47. The van der Waals surface area contributed by atoms with Crippen molar-refractivity contribution in [3.05, 3.63) is 35.5 Å². The van der Waals surface area contributed by atoms with Crippen molar-refractivity contribution in [3.63, 3.8) is 0 Å². The van der Waals surface area contributed by atoms with Crippen LogP contribution in [0.25, 0.3) is 0 Å². The lowest BCUT2D eigenvalue weighted by atomic mass is 10.3. The number of aromatic nitrogens is 2. The molecule has 0 spiro atoms. The summed E-state index contributed by atoms with van der Waals surface area (Å²) in [5.74, 6) is 1.56. The van der Waals surface area contributed by atoms with Gasteiger partial charge in [-0.3, -0.25) is 4.79 Å². The van der Waals surface area contributed by atoms with Crippen LogP contribution in [0, 0.1) is 6.92 Å². The summed E-state index contributed by atoms with van der Waals surface area (Å²) in [5, 5.41) is 4.15. The van der Waals surface area contributed by atoms with E-state index < -0.39 is 0 Å². The van der Waals surface area contributed by atoms with Crippen LogP contribution in [0.1, 0.15) is 16.1 Å². The Morgan fingerprint density at radius 3 is 2.56 bits per heavy atom. The van der Waals surface area contributed by atoms with Gasteiger partial charge in [-0.1, -0.05) is 12.1 Å². The Bertz CT molecular complexity index is 576. The number of rotatable bonds is 4. The molecule has 0 saturated heterocycles. The summed E-state index contributed by atoms with van der Waals surface area (Å²) in [4.78, 5) is 11.0. The zero-order valence-corrected chi connectivity index (χ0v) is 10.5. The third kappa shape index (κ3) is 2.07. The van der Waals surface area contributed by atoms with Crippen LogP contribution in [0.15, 0.2) is 24.3 Å². The second kappa shape index (κ2) is 4.91. The minimum absolute atomic E-state index is 0.409. The molecule has 5 heteroatoms. The van der Waals surface area contributed by atoms with Crippen LogP contribution in [-0.2, 0) is 7.05 Å². The van der Waals surface area contributed by atoms with E-state index in [0.717, 1.165) is 6.29 Å². The van der Waals surface area contributed by atoms with E-state index in [0.29, 0.717) is 28.6 Å². The van der Waals surface area contributed by atoms with E-state index in [1.54, 1.807) is 33.2 Å². The molecule has 0 aliphatic rings. The van der Waals surface area contributed by atoms with Gasteiger partial charge in [0.05, 0.1) is 18.4 Å². The average Bonchev–Trinajstić information content (AvgIpc) is 2.64. The molecule has 5 nitrogen and oxygen atoms in total. The normalized spacial score (nSPS) is 10.2. The van der Waals surface area contributed by atoms with E-state index in [4.69, 9.17) is 9.47 Å². The van der Waals surface area contributed by atoms with Gasteiger partial charge in [0.2, 0.25) is 5.88 Å². The molecule has 2 rings (SSSR count). The first kappa shape index (κ1) is 12.2. The van der Waals surface area contributed by atoms with Crippen LogP contribution >= 0.6 is 0 Å². The largest absolute Gasteiger partial charge is 0.493 e. The third-order valence-electron chi connectivity index (χ3n) is 2.61. The first-order chi connectivity index (χ1) is 8.67. The number of aldehydes is 1. The van der Waals surface area contributed by atoms with Crippen molar-refractivity contribution in [3.8, 4) is 17.4 Å². The summed E-state index contributed by atoms with van der Waals surface area (Å²) in [6.45, 7) is 1.76. The first-order valence-corrected chi connectivity index (χ1v) is 5.47. The van der Waals surface area contributed by atoms with Gasteiger partial charge in [0.25, 0.3) is 0 Å². The number of carbonyl (C=O) groups is 1. The minimum Gasteiger partial charge on any atom is -0.493 e. The molecule has 18 heavy (non-hydrogen) atoms. The molecule has 0 radical (unpaired) electrons. The summed E-state index contributed by atoms with van der Waals surface area (Å²) in [5.41, 5.74) is 1.08. The van der Waals surface area contributed by atoms with Crippen molar-refractivity contribution in [1.29, 1.82) is 0 Å². The summed E-state index contributed by atoms with van der Waals surface area (Å²) >= 11 is 0. The summed E-state index contributed by atoms with van der Waals surface area (Å²) in [6.07, 6.45) is 0.743. The maximum Gasteiger partial charge on any atom is 0.228 e. The highest BCUT2D eigenvalue weighted by Gasteiger charge is 2.16. The number of nitrogens with zero attached hydrogens (tertiary/aromatic N) is 2. The van der Waals surface area contributed by atoms with Gasteiger partial charge in [-0.05, 0) is 19.1 Å². The highest BCUT2D eigenvalue weighted by Crippen LogP contribution is 2.32. The van der Waals surface area contributed by atoms with Crippen LogP contribution in [0.4, 0.5) is 0 Å². The van der Waals surface area contributed by atoms with Gasteiger partial charge in [0, 0.05) is 7.05 Å². The highest BCUT2D eigenvalue weighted by molar-refractivity contribution is 5.80. The number of methoxy groups -OCH3 is 1. The second-order valence-electron chi connectivity index (χ2n) is 3.80. The molecular weight excluding hydrogens is 232 g/mol. The fourth-order valence-electron chi connectivity index (χ4n) is 1.72. The molecule has 0 aliphatic heterocycles. The van der Waals surface area contributed by atoms with Crippen molar-refractivity contribution in [2.75, 3.05) is 7.11 Å². The van der Waals surface area contributed by atoms with Gasteiger partial charge in [-0.25, -0.2) is 4.68 Å². The predicted molar refractivity (Wildman–Crippen MR) is 66.4 cm³/mol. The quantitative estimate of drug-likeness (QED) is 0.777. The molecule has 0 bridgehead atoms. The van der Waals surface area contributed by atoms with E-state index in [-0.39, 0.29) is 0 Å². The molecular formula is C13H14N2O3. The van der Waals surface area contributed by atoms with Gasteiger partial charge in [0.15, 0.2) is 17.8 Å². The van der Waals surface area contributed by atoms with Crippen molar-refractivity contribution in [2.24, 2.45) is 7.05 Å². The Labute approximate surface area is 105 Å². The minimum atomic E-state index is 0.409. The SMILES string of the molecule is COc1ccccc1Oc1c(C=O)c(C)nn1C. The lowest BCUT2D eigenvalue weighted by Crippen LogP contribution is -1.98. The third-order valence-corrected chi connectivity index (χ3v) is 2.61. The summed E-state index contributed by atoms with van der Waals surface area (Å²) in [7, 11) is 3.29. The van der Waals surface area contributed by atoms with Crippen molar-refractivity contribution < 1.29 is 14.3 Å². The lowest BCUT2D eigenvalue weighted by Gasteiger charge is -2.10. The van der Waals surface area contributed by atoms with Gasteiger partial charge >= 0.3 is 0 Å². The fourth-order valence-corrected chi connectivity index (χ4v) is 1.72. The maximum atomic E-state index is 11.0. The fraction of sp³-hybridized carbons (Fsp3) is 0.231. The van der Waals surface area contributed by atoms with E-state index in [9.17, 15) is 4.79 Å². The number of hydrogen-bond donors (Lipinski definition) is 0. The molecule has 2 aromatic rings. The summed E-state index contributed by atoms with van der Waals surface area (Å²) in [6, 6.07) is 7.25. The molecule has 0 fully saturated rings. The van der Waals surface area contributed by atoms with Crippen molar-refractivity contribution >= 4 is 6.29 Å². The lowest BCUT2D eigenvalue weighted by molar-refractivity contribution is 0.112. The Hall–Kier alpha value is -2.30. The van der Waals surface area contributed by atoms with Crippen molar-refractivity contribution in [1.82, 2.24) is 9.78 Å². The smallest absolute Gasteiger partial charge is 0.228 e. The molecule has 1 heterocycles. The average molecular weight is 246 g/mol. The van der Waals surface area contributed by atoms with Gasteiger partial charge in [0.1, 0.15) is 0 Å². The van der Waals surface area contributed by atoms with E-state index >= 15 is 0 Å². The zero-order chi connectivity index (χ0) is 13.1. The molecule has 94 valence electrons. The monoisotopic (exact) mass is 246 g/mol. The summed E-state index contributed by atoms with van der Waals surface area (Å²) < 4.78 is 12.4. The molecule has 0 amide bonds. The number of aryl methyl sites for hydroxylation is 2. The molecule has 1 aromatic carbocycles. The molecule has 0 saturated carbocycles. The van der Waals surface area contributed by atoms with Crippen LogP contribution in [0.3, 0.4) is 0 Å². The number of hydrogen-bond acceptors (Lipinski definition) is 4. The predicted octanol–water partition coefficient (Wildman–Crippen LogP) is 2.34. The Kier molecular flexibility index (Phi) is 3.32. The van der Waals surface area contributed by atoms with Gasteiger partial charge < -0.3 is 9.47 Å². The maximum absolute atomic E-state index is 11.0. The molecule has 0 N–H and O–H groups in total. The number of para-hydroxylation sites is 2. The van der Waals surface area contributed by atoms with E-state index in [1.165, 1.54) is 4.68 Å². The second-order valence-corrected chi connectivity index (χ2v) is 3.80. The number of carbonyl (C=O) groups excluding carboxylic acids is 1. The Morgan fingerprint density at radius 2 is 1.94 bits per heavy atom. The highest BCUT2D eigenvalue weighted by atomic mass is 16.5. The molecule has 0 aliphatic carbocycles. The van der Waals surface area contributed by atoms with E-state index in [1.807, 2.05) is 12.1 Å². The standard InChI is InChI=1S/C13H14N2O3/c1-9-10(8-16)13(15(2)14-9)18-12-7-5-4-6-11(12)17-3/h4-8H,1-3H3. The van der Waals surface area contributed by atoms with Crippen LogP contribution in [-0.4, -0.2) is 23.2 Å². The molecule has 1 aromatic heterocycles.